The van der Waals surface area contributed by atoms with E-state index in [-0.39, 0.29) is 11.5 Å². The molecule has 0 radical (unpaired) electrons. The monoisotopic (exact) mass is 292 g/mol. The lowest BCUT2D eigenvalue weighted by Crippen LogP contribution is -2.41. The second-order valence-electron chi connectivity index (χ2n) is 4.08. The number of halogens is 1. The number of nitrogens with one attached hydrogen (secondary N) is 1. The molecule has 7 heteroatoms. The Morgan fingerprint density at radius 1 is 1.55 bits per heavy atom. The summed E-state index contributed by atoms with van der Waals surface area (Å²) in [6.07, 6.45) is 2.88. The fourth-order valence-corrected chi connectivity index (χ4v) is 1.87. The quantitative estimate of drug-likeness (QED) is 0.673. The zero-order valence-electron chi connectivity index (χ0n) is 10.7. The molecule has 0 aliphatic carbocycles. The van der Waals surface area contributed by atoms with Gasteiger partial charge >= 0.3 is 0 Å². The first-order chi connectivity index (χ1) is 9.70. The summed E-state index contributed by atoms with van der Waals surface area (Å²) in [5.74, 6) is 0.158. The van der Waals surface area contributed by atoms with Gasteiger partial charge in [0.05, 0.1) is 13.2 Å². The van der Waals surface area contributed by atoms with Gasteiger partial charge in [0.1, 0.15) is 17.5 Å². The van der Waals surface area contributed by atoms with Gasteiger partial charge < -0.3 is 15.0 Å². The molecule has 0 unspecified atom stereocenters. The molecule has 0 saturated carbocycles. The van der Waals surface area contributed by atoms with E-state index in [1.54, 1.807) is 17.0 Å². The van der Waals surface area contributed by atoms with E-state index in [0.717, 1.165) is 0 Å². The predicted molar refractivity (Wildman–Crippen MR) is 74.0 cm³/mol. The smallest absolute Gasteiger partial charge is 0.266 e. The maximum Gasteiger partial charge on any atom is 0.266 e. The zero-order valence-corrected chi connectivity index (χ0v) is 11.4. The molecule has 0 bridgehead atoms. The molecule has 0 aromatic carbocycles. The Balaban J connectivity index is 2.05. The number of pyridine rings is 1. The van der Waals surface area contributed by atoms with Crippen LogP contribution in [0.2, 0.25) is 5.02 Å². The van der Waals surface area contributed by atoms with Crippen LogP contribution in [0.25, 0.3) is 0 Å². The van der Waals surface area contributed by atoms with E-state index in [2.05, 4.69) is 10.3 Å². The summed E-state index contributed by atoms with van der Waals surface area (Å²) in [7, 11) is 0. The van der Waals surface area contributed by atoms with Gasteiger partial charge in [0, 0.05) is 30.5 Å². The fourth-order valence-electron chi connectivity index (χ4n) is 1.71. The van der Waals surface area contributed by atoms with Crippen molar-refractivity contribution in [1.29, 1.82) is 5.26 Å². The molecule has 20 heavy (non-hydrogen) atoms. The third-order valence-corrected chi connectivity index (χ3v) is 2.97. The minimum Gasteiger partial charge on any atom is -0.378 e. The van der Waals surface area contributed by atoms with Crippen LogP contribution < -0.4 is 5.32 Å². The molecule has 1 aromatic rings. The lowest BCUT2D eigenvalue weighted by atomic mass is 10.2. The summed E-state index contributed by atoms with van der Waals surface area (Å²) in [4.78, 5) is 17.7. The number of anilines is 1. The van der Waals surface area contributed by atoms with Gasteiger partial charge in [0.25, 0.3) is 5.91 Å². The molecule has 1 fully saturated rings. The number of hydrogen-bond donors (Lipinski definition) is 1. The molecule has 0 atom stereocenters. The normalized spacial score (nSPS) is 15.6. The zero-order chi connectivity index (χ0) is 14.4. The van der Waals surface area contributed by atoms with Crippen molar-refractivity contribution in [3.8, 4) is 6.07 Å². The number of carbonyl (C=O) groups is 1. The van der Waals surface area contributed by atoms with Gasteiger partial charge in [0.2, 0.25) is 0 Å². The highest BCUT2D eigenvalue weighted by atomic mass is 35.5. The summed E-state index contributed by atoms with van der Waals surface area (Å²) in [6.45, 7) is 1.97. The van der Waals surface area contributed by atoms with Crippen LogP contribution in [0.4, 0.5) is 5.82 Å². The molecule has 6 nitrogen and oxygen atoms in total. The van der Waals surface area contributed by atoms with E-state index in [1.807, 2.05) is 6.07 Å². The van der Waals surface area contributed by atoms with E-state index in [9.17, 15) is 4.79 Å². The fraction of sp³-hybridized carbons (Fsp3) is 0.308. The summed E-state index contributed by atoms with van der Waals surface area (Å²) < 4.78 is 5.17. The Morgan fingerprint density at radius 2 is 2.30 bits per heavy atom. The first kappa shape index (κ1) is 14.3. The van der Waals surface area contributed by atoms with Crippen LogP contribution in [0.15, 0.2) is 30.1 Å². The lowest BCUT2D eigenvalue weighted by Gasteiger charge is -2.26. The van der Waals surface area contributed by atoms with E-state index in [0.29, 0.717) is 37.1 Å². The van der Waals surface area contributed by atoms with Crippen molar-refractivity contribution in [2.24, 2.45) is 0 Å². The van der Waals surface area contributed by atoms with Gasteiger partial charge in [0.15, 0.2) is 0 Å². The van der Waals surface area contributed by atoms with Gasteiger partial charge in [-0.15, -0.1) is 0 Å². The Hall–Kier alpha value is -2.10. The number of morpholine rings is 1. The SMILES string of the molecule is N#C/C(=C/Nc1cc(Cl)ccn1)C(=O)N1CCOCC1. The number of ether oxygens (including phenoxy) is 1. The molecule has 2 heterocycles. The summed E-state index contributed by atoms with van der Waals surface area (Å²) in [5, 5.41) is 12.4. The van der Waals surface area contributed by atoms with Gasteiger partial charge in [-0.1, -0.05) is 11.6 Å². The average molecular weight is 293 g/mol. The number of carbonyl (C=O) groups excluding carboxylic acids is 1. The molecule has 104 valence electrons. The van der Waals surface area contributed by atoms with E-state index >= 15 is 0 Å². The largest absolute Gasteiger partial charge is 0.378 e. The molecule has 1 N–H and O–H groups in total. The molecule has 1 saturated heterocycles. The third kappa shape index (κ3) is 3.70. The van der Waals surface area contributed by atoms with E-state index < -0.39 is 0 Å². The molecule has 1 aromatic heterocycles. The Kier molecular flexibility index (Phi) is 4.93. The van der Waals surface area contributed by atoms with E-state index in [4.69, 9.17) is 21.6 Å². The highest BCUT2D eigenvalue weighted by molar-refractivity contribution is 6.30. The minimum atomic E-state index is -0.315. The molecule has 1 aliphatic heterocycles. The number of nitriles is 1. The predicted octanol–water partition coefficient (Wildman–Crippen LogP) is 1.41. The third-order valence-electron chi connectivity index (χ3n) is 2.74. The van der Waals surface area contributed by atoms with Crippen LogP contribution in [0.5, 0.6) is 0 Å². The Morgan fingerprint density at radius 3 is 2.95 bits per heavy atom. The van der Waals surface area contributed by atoms with Crippen LogP contribution in [-0.2, 0) is 9.53 Å². The Labute approximate surface area is 121 Å². The summed E-state index contributed by atoms with van der Waals surface area (Å²) >= 11 is 5.82. The number of amides is 1. The second-order valence-corrected chi connectivity index (χ2v) is 4.51. The van der Waals surface area contributed by atoms with Crippen LogP contribution >= 0.6 is 11.6 Å². The number of rotatable bonds is 3. The molecule has 0 spiro atoms. The van der Waals surface area contributed by atoms with Crippen LogP contribution in [0.3, 0.4) is 0 Å². The maximum atomic E-state index is 12.1. The van der Waals surface area contributed by atoms with Crippen LogP contribution in [0, 0.1) is 11.3 Å². The van der Waals surface area contributed by atoms with Gasteiger partial charge in [-0.05, 0) is 12.1 Å². The lowest BCUT2D eigenvalue weighted by molar-refractivity contribution is -0.130. The van der Waals surface area contributed by atoms with Crippen molar-refractivity contribution in [2.45, 2.75) is 0 Å². The van der Waals surface area contributed by atoms with Gasteiger partial charge in [-0.3, -0.25) is 4.79 Å². The molecular weight excluding hydrogens is 280 g/mol. The van der Waals surface area contributed by atoms with E-state index in [1.165, 1.54) is 12.4 Å². The standard InChI is InChI=1S/C13H13ClN4O2/c14-11-1-2-16-12(7-11)17-9-10(8-15)13(19)18-3-5-20-6-4-18/h1-2,7,9H,3-6H2,(H,16,17)/b10-9-. The number of hydrogen-bond acceptors (Lipinski definition) is 5. The van der Waals surface area contributed by atoms with Crippen LogP contribution in [0.1, 0.15) is 0 Å². The molecule has 1 aliphatic rings. The molecule has 1 amide bonds. The Bertz CT molecular complexity index is 562. The van der Waals surface area contributed by atoms with Crippen molar-refractivity contribution in [2.75, 3.05) is 31.6 Å². The first-order valence-electron chi connectivity index (χ1n) is 6.06. The van der Waals surface area contributed by atoms with Gasteiger partial charge in [-0.2, -0.15) is 5.26 Å². The van der Waals surface area contributed by atoms with Gasteiger partial charge in [-0.25, -0.2) is 4.98 Å². The van der Waals surface area contributed by atoms with Crippen molar-refractivity contribution in [3.63, 3.8) is 0 Å². The second kappa shape index (κ2) is 6.89. The van der Waals surface area contributed by atoms with Crippen molar-refractivity contribution >= 4 is 23.3 Å². The van der Waals surface area contributed by atoms with Crippen LogP contribution in [-0.4, -0.2) is 42.1 Å². The average Bonchev–Trinajstić information content (AvgIpc) is 2.48. The maximum absolute atomic E-state index is 12.1. The summed E-state index contributed by atoms with van der Waals surface area (Å²) in [5.41, 5.74) is 0.0219. The number of aromatic nitrogens is 1. The first-order valence-corrected chi connectivity index (χ1v) is 6.44. The van der Waals surface area contributed by atoms with Crippen molar-refractivity contribution in [3.05, 3.63) is 35.1 Å². The highest BCUT2D eigenvalue weighted by Gasteiger charge is 2.20. The number of nitrogens with zero attached hydrogens (tertiary/aromatic N) is 3. The van der Waals surface area contributed by atoms with Crippen molar-refractivity contribution < 1.29 is 9.53 Å². The summed E-state index contributed by atoms with van der Waals surface area (Å²) in [6, 6.07) is 5.13. The highest BCUT2D eigenvalue weighted by Crippen LogP contribution is 2.12. The van der Waals surface area contributed by atoms with Crippen molar-refractivity contribution in [1.82, 2.24) is 9.88 Å². The molecule has 2 rings (SSSR count). The minimum absolute atomic E-state index is 0.0219. The molecular formula is C13H13ClN4O2. The topological polar surface area (TPSA) is 78.2 Å².